The molecule has 0 aliphatic carbocycles. The van der Waals surface area contributed by atoms with Crippen molar-refractivity contribution in [2.75, 3.05) is 5.73 Å². The van der Waals surface area contributed by atoms with Crippen LogP contribution >= 0.6 is 11.3 Å². The summed E-state index contributed by atoms with van der Waals surface area (Å²) in [5.74, 6) is 0. The number of hydrogen-bond donors (Lipinski definition) is 1. The number of benzene rings is 1. The lowest BCUT2D eigenvalue weighted by Gasteiger charge is -1.98. The summed E-state index contributed by atoms with van der Waals surface area (Å²) in [5.41, 5.74) is 8.57. The molecule has 2 aromatic rings. The molecule has 1 heterocycles. The van der Waals surface area contributed by atoms with Gasteiger partial charge in [-0.05, 0) is 18.1 Å². The number of thiophene rings is 1. The minimum Gasteiger partial charge on any atom is -0.397 e. The third kappa shape index (κ3) is 1.60. The molecule has 3 heteroatoms. The summed E-state index contributed by atoms with van der Waals surface area (Å²) in [5, 5.41) is 8.88. The Balaban J connectivity index is 2.61. The summed E-state index contributed by atoms with van der Waals surface area (Å²) in [6.07, 6.45) is 0. The van der Waals surface area contributed by atoms with Crippen molar-refractivity contribution in [2.24, 2.45) is 0 Å². The first kappa shape index (κ1) is 9.75. The molecule has 0 amide bonds. The maximum atomic E-state index is 8.88. The van der Waals surface area contributed by atoms with E-state index < -0.39 is 0 Å². The predicted molar refractivity (Wildman–Crippen MR) is 63.6 cm³/mol. The molecular formula is C12H10N2S. The fourth-order valence-corrected chi connectivity index (χ4v) is 2.50. The molecule has 0 saturated carbocycles. The van der Waals surface area contributed by atoms with Crippen LogP contribution in [-0.4, -0.2) is 0 Å². The van der Waals surface area contributed by atoms with Gasteiger partial charge in [-0.25, -0.2) is 0 Å². The Labute approximate surface area is 92.6 Å². The Kier molecular flexibility index (Phi) is 2.44. The van der Waals surface area contributed by atoms with Crippen LogP contribution in [0.1, 0.15) is 10.4 Å². The number of anilines is 1. The van der Waals surface area contributed by atoms with Crippen LogP contribution in [-0.2, 0) is 0 Å². The van der Waals surface area contributed by atoms with Crippen molar-refractivity contribution in [3.63, 3.8) is 0 Å². The predicted octanol–water partition coefficient (Wildman–Crippen LogP) is 3.18. The smallest absolute Gasteiger partial charge is 0.128 e. The molecule has 15 heavy (non-hydrogen) atoms. The van der Waals surface area contributed by atoms with E-state index >= 15 is 0 Å². The summed E-state index contributed by atoms with van der Waals surface area (Å²) in [4.78, 5) is 1.69. The van der Waals surface area contributed by atoms with Gasteiger partial charge in [0.2, 0.25) is 0 Å². The maximum Gasteiger partial charge on any atom is 0.128 e. The molecule has 0 saturated heterocycles. The van der Waals surface area contributed by atoms with Crippen LogP contribution in [0.2, 0.25) is 0 Å². The largest absolute Gasteiger partial charge is 0.397 e. The molecule has 0 aliphatic heterocycles. The normalized spacial score (nSPS) is 9.87. The van der Waals surface area contributed by atoms with Gasteiger partial charge < -0.3 is 5.73 Å². The van der Waals surface area contributed by atoms with Gasteiger partial charge in [0, 0.05) is 4.88 Å². The highest BCUT2D eigenvalue weighted by Crippen LogP contribution is 2.37. The minimum atomic E-state index is 0.603. The molecule has 2 N–H and O–H groups in total. The van der Waals surface area contributed by atoms with E-state index in [-0.39, 0.29) is 0 Å². The van der Waals surface area contributed by atoms with Crippen molar-refractivity contribution in [3.05, 3.63) is 40.8 Å². The van der Waals surface area contributed by atoms with Gasteiger partial charge in [-0.1, -0.05) is 30.3 Å². The monoisotopic (exact) mass is 214 g/mol. The van der Waals surface area contributed by atoms with E-state index in [2.05, 4.69) is 6.07 Å². The van der Waals surface area contributed by atoms with Gasteiger partial charge in [0.25, 0.3) is 0 Å². The summed E-state index contributed by atoms with van der Waals surface area (Å²) in [7, 11) is 0. The topological polar surface area (TPSA) is 49.8 Å². The molecule has 74 valence electrons. The molecule has 0 spiro atoms. The molecule has 0 unspecified atom stereocenters. The van der Waals surface area contributed by atoms with Crippen LogP contribution in [0.4, 0.5) is 5.69 Å². The number of nitrogen functional groups attached to an aromatic ring is 1. The third-order valence-corrected chi connectivity index (χ3v) is 3.59. The summed E-state index contributed by atoms with van der Waals surface area (Å²) in [6, 6.07) is 12.1. The summed E-state index contributed by atoms with van der Waals surface area (Å²) < 4.78 is 0. The van der Waals surface area contributed by atoms with E-state index in [0.717, 1.165) is 16.0 Å². The van der Waals surface area contributed by atoms with Gasteiger partial charge in [-0.2, -0.15) is 5.26 Å². The quantitative estimate of drug-likeness (QED) is 0.792. The average molecular weight is 214 g/mol. The van der Waals surface area contributed by atoms with Gasteiger partial charge in [0.05, 0.1) is 5.69 Å². The first-order valence-electron chi connectivity index (χ1n) is 4.58. The molecule has 2 rings (SSSR count). The Hall–Kier alpha value is -1.79. The number of nitriles is 1. The summed E-state index contributed by atoms with van der Waals surface area (Å²) >= 11 is 1.45. The second-order valence-corrected chi connectivity index (χ2v) is 4.30. The second kappa shape index (κ2) is 3.76. The van der Waals surface area contributed by atoms with Gasteiger partial charge in [0.15, 0.2) is 0 Å². The van der Waals surface area contributed by atoms with Crippen molar-refractivity contribution in [3.8, 4) is 16.5 Å². The first-order valence-corrected chi connectivity index (χ1v) is 5.40. The third-order valence-electron chi connectivity index (χ3n) is 2.33. The molecule has 0 atom stereocenters. The van der Waals surface area contributed by atoms with Gasteiger partial charge in [-0.15, -0.1) is 11.3 Å². The molecule has 0 bridgehead atoms. The Morgan fingerprint density at radius 1 is 1.27 bits per heavy atom. The summed E-state index contributed by atoms with van der Waals surface area (Å²) in [6.45, 7) is 1.95. The lowest BCUT2D eigenvalue weighted by atomic mass is 10.1. The average Bonchev–Trinajstić information content (AvgIpc) is 2.57. The fourth-order valence-electron chi connectivity index (χ4n) is 1.47. The van der Waals surface area contributed by atoms with Crippen LogP contribution in [0.15, 0.2) is 30.3 Å². The van der Waals surface area contributed by atoms with E-state index in [4.69, 9.17) is 11.0 Å². The highest BCUT2D eigenvalue weighted by Gasteiger charge is 2.12. The molecule has 1 aromatic heterocycles. The van der Waals surface area contributed by atoms with E-state index in [1.54, 1.807) is 0 Å². The number of nitrogens with zero attached hydrogens (tertiary/aromatic N) is 1. The van der Waals surface area contributed by atoms with Crippen molar-refractivity contribution >= 4 is 17.0 Å². The standard InChI is InChI=1S/C12H10N2S/c1-8-11(14)10(7-13)15-12(8)9-5-3-2-4-6-9/h2-6H,14H2,1H3. The van der Waals surface area contributed by atoms with Gasteiger partial charge >= 0.3 is 0 Å². The van der Waals surface area contributed by atoms with E-state index in [0.29, 0.717) is 10.6 Å². The number of nitrogens with two attached hydrogens (primary N) is 1. The van der Waals surface area contributed by atoms with Crippen molar-refractivity contribution in [2.45, 2.75) is 6.92 Å². The molecular weight excluding hydrogens is 204 g/mol. The zero-order valence-electron chi connectivity index (χ0n) is 8.32. The Bertz CT molecular complexity index is 521. The van der Waals surface area contributed by atoms with Crippen LogP contribution in [0, 0.1) is 18.3 Å². The van der Waals surface area contributed by atoms with Crippen LogP contribution in [0.5, 0.6) is 0 Å². The van der Waals surface area contributed by atoms with E-state index in [9.17, 15) is 0 Å². The molecule has 0 radical (unpaired) electrons. The molecule has 1 aromatic carbocycles. The minimum absolute atomic E-state index is 0.603. The zero-order chi connectivity index (χ0) is 10.8. The Morgan fingerprint density at radius 2 is 1.93 bits per heavy atom. The molecule has 0 fully saturated rings. The molecule has 0 aliphatic rings. The van der Waals surface area contributed by atoms with E-state index in [1.165, 1.54) is 11.3 Å². The van der Waals surface area contributed by atoms with Crippen molar-refractivity contribution < 1.29 is 0 Å². The Morgan fingerprint density at radius 3 is 2.47 bits per heavy atom. The van der Waals surface area contributed by atoms with Gasteiger partial charge in [-0.3, -0.25) is 0 Å². The van der Waals surface area contributed by atoms with Crippen molar-refractivity contribution in [1.82, 2.24) is 0 Å². The van der Waals surface area contributed by atoms with Crippen LogP contribution in [0.25, 0.3) is 10.4 Å². The van der Waals surface area contributed by atoms with Crippen LogP contribution < -0.4 is 5.73 Å². The lowest BCUT2D eigenvalue weighted by molar-refractivity contribution is 1.49. The zero-order valence-corrected chi connectivity index (χ0v) is 9.14. The first-order chi connectivity index (χ1) is 7.24. The fraction of sp³-hybridized carbons (Fsp3) is 0.0833. The lowest BCUT2D eigenvalue weighted by Crippen LogP contribution is -1.87. The highest BCUT2D eigenvalue weighted by atomic mass is 32.1. The number of rotatable bonds is 1. The van der Waals surface area contributed by atoms with Gasteiger partial charge in [0.1, 0.15) is 10.9 Å². The van der Waals surface area contributed by atoms with Crippen LogP contribution in [0.3, 0.4) is 0 Å². The number of hydrogen-bond acceptors (Lipinski definition) is 3. The highest BCUT2D eigenvalue weighted by molar-refractivity contribution is 7.16. The SMILES string of the molecule is Cc1c(-c2ccccc2)sc(C#N)c1N. The van der Waals surface area contributed by atoms with E-state index in [1.807, 2.05) is 37.3 Å². The second-order valence-electron chi connectivity index (χ2n) is 3.28. The molecule has 2 nitrogen and oxygen atoms in total. The maximum absolute atomic E-state index is 8.88. The van der Waals surface area contributed by atoms with Crippen molar-refractivity contribution in [1.29, 1.82) is 5.26 Å².